The smallest absolute Gasteiger partial charge is 0.272 e. The molecule has 2 heterocycles. The normalized spacial score (nSPS) is 16.0. The van der Waals surface area contributed by atoms with Crippen molar-refractivity contribution < 1.29 is 4.79 Å². The highest BCUT2D eigenvalue weighted by Crippen LogP contribution is 2.18. The maximum atomic E-state index is 11.8. The third kappa shape index (κ3) is 1.54. The van der Waals surface area contributed by atoms with Crippen LogP contribution in [0, 0.1) is 0 Å². The van der Waals surface area contributed by atoms with Crippen molar-refractivity contribution in [3.05, 3.63) is 30.2 Å². The number of fused-ring (bicyclic) bond motifs is 1. The highest BCUT2D eigenvalue weighted by Gasteiger charge is 2.21. The monoisotopic (exact) mass is 216 g/mol. The average Bonchev–Trinajstić information content (AvgIpc) is 2.66. The van der Waals surface area contributed by atoms with Crippen molar-refractivity contribution in [2.24, 2.45) is 0 Å². The first-order valence-electron chi connectivity index (χ1n) is 5.44. The van der Waals surface area contributed by atoms with Crippen LogP contribution in [0.15, 0.2) is 24.5 Å². The summed E-state index contributed by atoms with van der Waals surface area (Å²) in [5, 5.41) is 7.12. The fourth-order valence-electron chi connectivity index (χ4n) is 1.75. The lowest BCUT2D eigenvalue weighted by molar-refractivity contribution is 0.0911. The van der Waals surface area contributed by atoms with Gasteiger partial charge in [-0.05, 0) is 25.3 Å². The molecular formula is C11H12N4O. The van der Waals surface area contributed by atoms with Crippen molar-refractivity contribution in [3.8, 4) is 0 Å². The molecule has 0 bridgehead atoms. The van der Waals surface area contributed by atoms with Crippen LogP contribution in [0.25, 0.3) is 5.65 Å². The minimum absolute atomic E-state index is 0.102. The van der Waals surface area contributed by atoms with Crippen LogP contribution in [0.5, 0.6) is 0 Å². The van der Waals surface area contributed by atoms with Crippen LogP contribution < -0.4 is 5.32 Å². The van der Waals surface area contributed by atoms with Gasteiger partial charge in [-0.1, -0.05) is 0 Å². The van der Waals surface area contributed by atoms with Crippen molar-refractivity contribution in [3.63, 3.8) is 0 Å². The number of nitrogens with zero attached hydrogens (tertiary/aromatic N) is 3. The van der Waals surface area contributed by atoms with Crippen LogP contribution in [0.1, 0.15) is 29.8 Å². The molecule has 1 amide bonds. The summed E-state index contributed by atoms with van der Waals surface area (Å²) in [6.07, 6.45) is 6.83. The van der Waals surface area contributed by atoms with Crippen molar-refractivity contribution in [1.29, 1.82) is 0 Å². The molecule has 0 aromatic carbocycles. The third-order valence-electron chi connectivity index (χ3n) is 2.91. The van der Waals surface area contributed by atoms with Gasteiger partial charge in [0.1, 0.15) is 0 Å². The second-order valence-electron chi connectivity index (χ2n) is 4.05. The molecule has 82 valence electrons. The van der Waals surface area contributed by atoms with Crippen LogP contribution in [0.2, 0.25) is 0 Å². The molecule has 0 radical (unpaired) electrons. The first-order chi connectivity index (χ1) is 7.83. The third-order valence-corrected chi connectivity index (χ3v) is 2.91. The van der Waals surface area contributed by atoms with E-state index in [9.17, 15) is 4.79 Å². The number of rotatable bonds is 2. The summed E-state index contributed by atoms with van der Waals surface area (Å²) in [4.78, 5) is 15.9. The van der Waals surface area contributed by atoms with Crippen LogP contribution in [0.3, 0.4) is 0 Å². The Bertz CT molecular complexity index is 497. The van der Waals surface area contributed by atoms with Crippen LogP contribution in [-0.4, -0.2) is 26.5 Å². The van der Waals surface area contributed by atoms with Crippen molar-refractivity contribution in [2.75, 3.05) is 0 Å². The van der Waals surface area contributed by atoms with E-state index in [1.807, 2.05) is 0 Å². The molecule has 1 fully saturated rings. The Morgan fingerprint density at radius 2 is 2.38 bits per heavy atom. The van der Waals surface area contributed by atoms with Crippen molar-refractivity contribution in [2.45, 2.75) is 25.3 Å². The summed E-state index contributed by atoms with van der Waals surface area (Å²) in [6.45, 7) is 0. The first kappa shape index (κ1) is 9.33. The van der Waals surface area contributed by atoms with Crippen molar-refractivity contribution >= 4 is 11.6 Å². The molecule has 2 aromatic rings. The van der Waals surface area contributed by atoms with E-state index in [2.05, 4.69) is 15.4 Å². The molecule has 2 aromatic heterocycles. The molecule has 0 atom stereocenters. The molecule has 5 heteroatoms. The highest BCUT2D eigenvalue weighted by atomic mass is 16.2. The first-order valence-corrected chi connectivity index (χ1v) is 5.44. The molecule has 0 unspecified atom stereocenters. The van der Waals surface area contributed by atoms with E-state index in [4.69, 9.17) is 0 Å². The van der Waals surface area contributed by atoms with Gasteiger partial charge in [0.2, 0.25) is 0 Å². The summed E-state index contributed by atoms with van der Waals surface area (Å²) in [6, 6.07) is 3.83. The number of carbonyl (C=O) groups excluding carboxylic acids is 1. The molecule has 0 spiro atoms. The van der Waals surface area contributed by atoms with Gasteiger partial charge in [-0.25, -0.2) is 9.50 Å². The topological polar surface area (TPSA) is 59.3 Å². The maximum Gasteiger partial charge on any atom is 0.272 e. The minimum Gasteiger partial charge on any atom is -0.348 e. The lowest BCUT2D eigenvalue weighted by Gasteiger charge is -2.25. The number of hydrogen-bond donors (Lipinski definition) is 1. The number of amides is 1. The average molecular weight is 216 g/mol. The van der Waals surface area contributed by atoms with E-state index in [1.54, 1.807) is 29.0 Å². The van der Waals surface area contributed by atoms with E-state index in [0.717, 1.165) is 12.8 Å². The van der Waals surface area contributed by atoms with Gasteiger partial charge in [0.05, 0.1) is 0 Å². The van der Waals surface area contributed by atoms with Gasteiger partial charge in [-0.15, -0.1) is 0 Å². The second-order valence-corrected chi connectivity index (χ2v) is 4.05. The molecule has 16 heavy (non-hydrogen) atoms. The Kier molecular flexibility index (Phi) is 2.09. The number of aromatic nitrogens is 3. The zero-order valence-electron chi connectivity index (χ0n) is 8.76. The van der Waals surface area contributed by atoms with E-state index in [0.29, 0.717) is 17.4 Å². The summed E-state index contributed by atoms with van der Waals surface area (Å²) in [5.41, 5.74) is 1.13. The molecule has 3 rings (SSSR count). The van der Waals surface area contributed by atoms with E-state index >= 15 is 0 Å². The molecule has 1 N–H and O–H groups in total. The van der Waals surface area contributed by atoms with Gasteiger partial charge >= 0.3 is 0 Å². The van der Waals surface area contributed by atoms with Crippen molar-refractivity contribution in [1.82, 2.24) is 19.9 Å². The molecule has 1 saturated carbocycles. The van der Waals surface area contributed by atoms with Gasteiger partial charge in [0.15, 0.2) is 11.3 Å². The quantitative estimate of drug-likeness (QED) is 0.815. The Hall–Kier alpha value is -1.91. The van der Waals surface area contributed by atoms with Crippen LogP contribution in [-0.2, 0) is 0 Å². The zero-order valence-corrected chi connectivity index (χ0v) is 8.76. The van der Waals surface area contributed by atoms with Gasteiger partial charge in [0.25, 0.3) is 5.91 Å². The van der Waals surface area contributed by atoms with Gasteiger partial charge in [-0.3, -0.25) is 4.79 Å². The lowest BCUT2D eigenvalue weighted by atomic mass is 9.93. The number of carbonyl (C=O) groups is 1. The number of hydrogen-bond acceptors (Lipinski definition) is 3. The molecule has 1 aliphatic carbocycles. The Balaban J connectivity index is 1.84. The zero-order chi connectivity index (χ0) is 11.0. The van der Waals surface area contributed by atoms with E-state index < -0.39 is 0 Å². The van der Waals surface area contributed by atoms with E-state index in [-0.39, 0.29) is 5.91 Å². The molecule has 0 saturated heterocycles. The standard InChI is InChI=1S/C11H12N4O/c16-11(13-8-3-1-4-8)9-7-10-12-5-2-6-15(10)14-9/h2,5-8H,1,3-4H2,(H,13,16). The predicted molar refractivity (Wildman–Crippen MR) is 58.1 cm³/mol. The fourth-order valence-corrected chi connectivity index (χ4v) is 1.75. The maximum absolute atomic E-state index is 11.8. The van der Waals surface area contributed by atoms with Crippen LogP contribution in [0.4, 0.5) is 0 Å². The van der Waals surface area contributed by atoms with E-state index in [1.165, 1.54) is 6.42 Å². The summed E-state index contributed by atoms with van der Waals surface area (Å²) in [5.74, 6) is -0.102. The molecule has 1 aliphatic rings. The molecule has 0 aliphatic heterocycles. The second kappa shape index (κ2) is 3.59. The SMILES string of the molecule is O=C(NC1CCC1)c1cc2ncccn2n1. The van der Waals surface area contributed by atoms with Gasteiger partial charge < -0.3 is 5.32 Å². The fraction of sp³-hybridized carbons (Fsp3) is 0.364. The number of nitrogens with one attached hydrogen (secondary N) is 1. The summed E-state index contributed by atoms with van der Waals surface area (Å²) in [7, 11) is 0. The lowest BCUT2D eigenvalue weighted by Crippen LogP contribution is -2.39. The summed E-state index contributed by atoms with van der Waals surface area (Å²) < 4.78 is 1.61. The largest absolute Gasteiger partial charge is 0.348 e. The predicted octanol–water partition coefficient (Wildman–Crippen LogP) is 1.01. The molecule has 5 nitrogen and oxygen atoms in total. The summed E-state index contributed by atoms with van der Waals surface area (Å²) >= 11 is 0. The Morgan fingerprint density at radius 1 is 1.50 bits per heavy atom. The van der Waals surface area contributed by atoms with Gasteiger partial charge in [0, 0.05) is 24.5 Å². The Labute approximate surface area is 92.5 Å². The minimum atomic E-state index is -0.102. The van der Waals surface area contributed by atoms with Crippen LogP contribution >= 0.6 is 0 Å². The Morgan fingerprint density at radius 3 is 3.06 bits per heavy atom. The highest BCUT2D eigenvalue weighted by molar-refractivity contribution is 5.93. The molecular weight excluding hydrogens is 204 g/mol. The van der Waals surface area contributed by atoms with Gasteiger partial charge in [-0.2, -0.15) is 5.10 Å².